The standard InChI is InChI=1S/C14H20BrF/c1-14(2,3)13(15)6-4-5-11-7-9-12(16)10-8-11/h7-10,13H,4-6H2,1-3H3. The van der Waals surface area contributed by atoms with Gasteiger partial charge < -0.3 is 0 Å². The van der Waals surface area contributed by atoms with Crippen LogP contribution in [0, 0.1) is 11.2 Å². The number of alkyl halides is 1. The zero-order valence-electron chi connectivity index (χ0n) is 10.3. The minimum atomic E-state index is -0.156. The highest BCUT2D eigenvalue weighted by atomic mass is 79.9. The lowest BCUT2D eigenvalue weighted by atomic mass is 9.89. The Labute approximate surface area is 106 Å². The monoisotopic (exact) mass is 286 g/mol. The van der Waals surface area contributed by atoms with Gasteiger partial charge in [-0.2, -0.15) is 0 Å². The smallest absolute Gasteiger partial charge is 0.123 e. The molecule has 0 aliphatic carbocycles. The zero-order valence-corrected chi connectivity index (χ0v) is 11.8. The van der Waals surface area contributed by atoms with Crippen molar-refractivity contribution in [3.05, 3.63) is 35.6 Å². The minimum Gasteiger partial charge on any atom is -0.207 e. The van der Waals surface area contributed by atoms with Crippen LogP contribution in [0.4, 0.5) is 4.39 Å². The third-order valence-electron chi connectivity index (χ3n) is 2.78. The van der Waals surface area contributed by atoms with Gasteiger partial charge in [-0.3, -0.25) is 0 Å². The van der Waals surface area contributed by atoms with Gasteiger partial charge in [0, 0.05) is 4.83 Å². The Morgan fingerprint density at radius 3 is 2.25 bits per heavy atom. The number of aryl methyl sites for hydroxylation is 1. The van der Waals surface area contributed by atoms with E-state index in [0.717, 1.165) is 19.3 Å². The number of halogens is 2. The van der Waals surface area contributed by atoms with E-state index in [2.05, 4.69) is 36.7 Å². The molecule has 0 saturated heterocycles. The van der Waals surface area contributed by atoms with Crippen LogP contribution < -0.4 is 0 Å². The highest BCUT2D eigenvalue weighted by Gasteiger charge is 2.20. The fourth-order valence-electron chi connectivity index (χ4n) is 1.57. The highest BCUT2D eigenvalue weighted by molar-refractivity contribution is 9.09. The Hall–Kier alpha value is -0.370. The van der Waals surface area contributed by atoms with Gasteiger partial charge in [0.15, 0.2) is 0 Å². The Bertz CT molecular complexity index is 311. The van der Waals surface area contributed by atoms with Crippen LogP contribution in [0.1, 0.15) is 39.2 Å². The molecular formula is C14H20BrF. The average molecular weight is 287 g/mol. The Kier molecular flexibility index (Phi) is 4.97. The van der Waals surface area contributed by atoms with E-state index in [1.54, 1.807) is 0 Å². The lowest BCUT2D eigenvalue weighted by Gasteiger charge is -2.25. The van der Waals surface area contributed by atoms with Crippen molar-refractivity contribution in [2.75, 3.05) is 0 Å². The summed E-state index contributed by atoms with van der Waals surface area (Å²) in [4.78, 5) is 0.542. The minimum absolute atomic E-state index is 0.156. The molecule has 1 unspecified atom stereocenters. The number of hydrogen-bond donors (Lipinski definition) is 0. The molecule has 1 aromatic rings. The van der Waals surface area contributed by atoms with E-state index >= 15 is 0 Å². The van der Waals surface area contributed by atoms with E-state index in [4.69, 9.17) is 0 Å². The van der Waals surface area contributed by atoms with Gasteiger partial charge in [-0.15, -0.1) is 0 Å². The lowest BCUT2D eigenvalue weighted by molar-refractivity contribution is 0.380. The molecule has 2 heteroatoms. The van der Waals surface area contributed by atoms with Crippen molar-refractivity contribution >= 4 is 15.9 Å². The number of hydrogen-bond acceptors (Lipinski definition) is 0. The molecule has 1 aromatic carbocycles. The van der Waals surface area contributed by atoms with Crippen LogP contribution in [-0.4, -0.2) is 4.83 Å². The Balaban J connectivity index is 2.33. The second kappa shape index (κ2) is 5.81. The first kappa shape index (κ1) is 13.7. The molecule has 0 saturated carbocycles. The molecule has 0 bridgehead atoms. The summed E-state index contributed by atoms with van der Waals surface area (Å²) in [6.07, 6.45) is 3.32. The maximum Gasteiger partial charge on any atom is 0.123 e. The van der Waals surface area contributed by atoms with Crippen molar-refractivity contribution in [3.8, 4) is 0 Å². The van der Waals surface area contributed by atoms with E-state index < -0.39 is 0 Å². The molecule has 1 atom stereocenters. The van der Waals surface area contributed by atoms with Crippen molar-refractivity contribution in [3.63, 3.8) is 0 Å². The maximum absolute atomic E-state index is 12.7. The summed E-state index contributed by atoms with van der Waals surface area (Å²) >= 11 is 3.72. The molecule has 0 amide bonds. The van der Waals surface area contributed by atoms with Crippen LogP contribution in [0.2, 0.25) is 0 Å². The summed E-state index contributed by atoms with van der Waals surface area (Å²) in [5, 5.41) is 0. The molecule has 0 radical (unpaired) electrons. The molecule has 0 aliphatic rings. The molecular weight excluding hydrogens is 267 g/mol. The van der Waals surface area contributed by atoms with Crippen molar-refractivity contribution in [2.24, 2.45) is 5.41 Å². The van der Waals surface area contributed by atoms with Gasteiger partial charge in [0.25, 0.3) is 0 Å². The van der Waals surface area contributed by atoms with Crippen molar-refractivity contribution in [2.45, 2.75) is 44.9 Å². The zero-order chi connectivity index (χ0) is 12.2. The van der Waals surface area contributed by atoms with Gasteiger partial charge in [0.1, 0.15) is 5.82 Å². The van der Waals surface area contributed by atoms with Crippen LogP contribution in [0.25, 0.3) is 0 Å². The number of benzene rings is 1. The van der Waals surface area contributed by atoms with Gasteiger partial charge in [-0.05, 0) is 42.4 Å². The van der Waals surface area contributed by atoms with Crippen LogP contribution in [-0.2, 0) is 6.42 Å². The molecule has 0 fully saturated rings. The van der Waals surface area contributed by atoms with Crippen LogP contribution in [0.3, 0.4) is 0 Å². The third kappa shape index (κ3) is 4.65. The van der Waals surface area contributed by atoms with E-state index in [-0.39, 0.29) is 5.82 Å². The van der Waals surface area contributed by atoms with E-state index in [9.17, 15) is 4.39 Å². The highest BCUT2D eigenvalue weighted by Crippen LogP contribution is 2.29. The maximum atomic E-state index is 12.7. The molecule has 0 N–H and O–H groups in total. The van der Waals surface area contributed by atoms with Crippen LogP contribution >= 0.6 is 15.9 Å². The summed E-state index contributed by atoms with van der Waals surface area (Å²) in [5.41, 5.74) is 1.53. The van der Waals surface area contributed by atoms with E-state index in [0.29, 0.717) is 10.2 Å². The van der Waals surface area contributed by atoms with Gasteiger partial charge in [0.2, 0.25) is 0 Å². The van der Waals surface area contributed by atoms with Crippen molar-refractivity contribution < 1.29 is 4.39 Å². The predicted octanol–water partition coefficient (Wildman–Crippen LogP) is 4.96. The quantitative estimate of drug-likeness (QED) is 0.687. The molecule has 0 aliphatic heterocycles. The van der Waals surface area contributed by atoms with E-state index in [1.807, 2.05) is 12.1 Å². The normalized spacial score (nSPS) is 13.8. The summed E-state index contributed by atoms with van der Waals surface area (Å²) in [7, 11) is 0. The summed E-state index contributed by atoms with van der Waals surface area (Å²) in [6.45, 7) is 6.72. The fourth-order valence-corrected chi connectivity index (χ4v) is 1.89. The van der Waals surface area contributed by atoms with Crippen molar-refractivity contribution in [1.29, 1.82) is 0 Å². The number of rotatable bonds is 4. The predicted molar refractivity (Wildman–Crippen MR) is 71.5 cm³/mol. The van der Waals surface area contributed by atoms with Gasteiger partial charge in [-0.1, -0.05) is 48.8 Å². The summed E-state index contributed by atoms with van der Waals surface area (Å²) in [6, 6.07) is 6.81. The SMILES string of the molecule is CC(C)(C)C(Br)CCCc1ccc(F)cc1. The fraction of sp³-hybridized carbons (Fsp3) is 0.571. The van der Waals surface area contributed by atoms with Crippen LogP contribution in [0.5, 0.6) is 0 Å². The van der Waals surface area contributed by atoms with E-state index in [1.165, 1.54) is 17.7 Å². The van der Waals surface area contributed by atoms with Gasteiger partial charge >= 0.3 is 0 Å². The Morgan fingerprint density at radius 1 is 1.19 bits per heavy atom. The first-order valence-corrected chi connectivity index (χ1v) is 6.69. The third-order valence-corrected chi connectivity index (χ3v) is 4.61. The van der Waals surface area contributed by atoms with Gasteiger partial charge in [-0.25, -0.2) is 4.39 Å². The van der Waals surface area contributed by atoms with Gasteiger partial charge in [0.05, 0.1) is 0 Å². The summed E-state index contributed by atoms with van der Waals surface area (Å²) in [5.74, 6) is -0.156. The molecule has 0 spiro atoms. The molecule has 0 heterocycles. The topological polar surface area (TPSA) is 0 Å². The first-order valence-electron chi connectivity index (χ1n) is 5.78. The average Bonchev–Trinajstić information content (AvgIpc) is 2.19. The largest absolute Gasteiger partial charge is 0.207 e. The molecule has 0 aromatic heterocycles. The van der Waals surface area contributed by atoms with Crippen molar-refractivity contribution in [1.82, 2.24) is 0 Å². The molecule has 1 rings (SSSR count). The first-order chi connectivity index (χ1) is 7.39. The molecule has 0 nitrogen and oxygen atoms in total. The second-order valence-electron chi connectivity index (χ2n) is 5.35. The lowest BCUT2D eigenvalue weighted by Crippen LogP contribution is -2.20. The molecule has 16 heavy (non-hydrogen) atoms. The summed E-state index contributed by atoms with van der Waals surface area (Å²) < 4.78 is 12.7. The molecule has 90 valence electrons. The second-order valence-corrected chi connectivity index (χ2v) is 6.46. The van der Waals surface area contributed by atoms with Crippen LogP contribution in [0.15, 0.2) is 24.3 Å². The Morgan fingerprint density at radius 2 is 1.75 bits per heavy atom.